The lowest BCUT2D eigenvalue weighted by Gasteiger charge is -2.49. The molecule has 2 aliphatic heterocycles. The molecule has 2 rings (SSSR count). The molecule has 7 nitrogen and oxygen atoms in total. The summed E-state index contributed by atoms with van der Waals surface area (Å²) in [5.41, 5.74) is 0. The molecule has 2 N–H and O–H groups in total. The number of carbonyl (C=O) groups excluding carboxylic acids is 1. The predicted molar refractivity (Wildman–Crippen MR) is 73.3 cm³/mol. The van der Waals surface area contributed by atoms with Crippen molar-refractivity contribution in [2.75, 3.05) is 13.2 Å². The van der Waals surface area contributed by atoms with E-state index < -0.39 is 36.4 Å². The first-order chi connectivity index (χ1) is 9.84. The summed E-state index contributed by atoms with van der Waals surface area (Å²) >= 11 is 0. The van der Waals surface area contributed by atoms with Crippen LogP contribution in [0.3, 0.4) is 0 Å². The quantitative estimate of drug-likeness (QED) is 0.707. The lowest BCUT2D eigenvalue weighted by Crippen LogP contribution is -2.68. The van der Waals surface area contributed by atoms with Gasteiger partial charge < -0.3 is 29.4 Å². The van der Waals surface area contributed by atoms with Crippen molar-refractivity contribution in [3.63, 3.8) is 0 Å². The number of hydrogen-bond acceptors (Lipinski definition) is 6. The van der Waals surface area contributed by atoms with Gasteiger partial charge in [-0.2, -0.15) is 0 Å². The van der Waals surface area contributed by atoms with Crippen molar-refractivity contribution >= 4 is 5.91 Å². The molecule has 0 aliphatic carbocycles. The van der Waals surface area contributed by atoms with E-state index >= 15 is 0 Å². The van der Waals surface area contributed by atoms with Gasteiger partial charge in [-0.1, -0.05) is 6.08 Å². The minimum atomic E-state index is -0.953. The molecule has 0 saturated carbocycles. The van der Waals surface area contributed by atoms with Gasteiger partial charge in [-0.25, -0.2) is 0 Å². The van der Waals surface area contributed by atoms with Gasteiger partial charge in [-0.3, -0.25) is 4.79 Å². The van der Waals surface area contributed by atoms with Crippen molar-refractivity contribution in [1.82, 2.24) is 5.32 Å². The van der Waals surface area contributed by atoms with Crippen molar-refractivity contribution in [2.24, 2.45) is 0 Å². The number of fused-ring (bicyclic) bond motifs is 1. The molecule has 120 valence electrons. The van der Waals surface area contributed by atoms with Gasteiger partial charge in [-0.05, 0) is 13.8 Å². The highest BCUT2D eigenvalue weighted by molar-refractivity contribution is 5.73. The van der Waals surface area contributed by atoms with Crippen LogP contribution in [-0.4, -0.2) is 60.7 Å². The number of hydrogen-bond donors (Lipinski definition) is 2. The first-order valence-corrected chi connectivity index (χ1v) is 6.99. The highest BCUT2D eigenvalue weighted by Gasteiger charge is 2.51. The summed E-state index contributed by atoms with van der Waals surface area (Å²) in [5, 5.41) is 13.2. The number of carbonyl (C=O) groups is 1. The summed E-state index contributed by atoms with van der Waals surface area (Å²) in [6, 6.07) is -0.711. The number of ether oxygens (including phenoxy) is 4. The molecule has 2 saturated heterocycles. The number of amides is 1. The van der Waals surface area contributed by atoms with E-state index in [9.17, 15) is 9.90 Å². The molecule has 2 fully saturated rings. The monoisotopic (exact) mass is 301 g/mol. The zero-order chi connectivity index (χ0) is 15.6. The number of nitrogens with one attached hydrogen (secondary N) is 1. The summed E-state index contributed by atoms with van der Waals surface area (Å²) in [6.45, 7) is 9.01. The number of aliphatic hydroxyl groups is 1. The molecule has 0 spiro atoms. The molecule has 0 unspecified atom stereocenters. The second-order valence-electron chi connectivity index (χ2n) is 5.68. The molecule has 5 atom stereocenters. The zero-order valence-corrected chi connectivity index (χ0v) is 12.6. The average Bonchev–Trinajstić information content (AvgIpc) is 2.40. The predicted octanol–water partition coefficient (Wildman–Crippen LogP) is -0.0690. The average molecular weight is 301 g/mol. The second kappa shape index (κ2) is 6.41. The van der Waals surface area contributed by atoms with Crippen molar-refractivity contribution in [3.8, 4) is 0 Å². The molecule has 21 heavy (non-hydrogen) atoms. The Labute approximate surface area is 124 Å². The zero-order valence-electron chi connectivity index (χ0n) is 12.6. The van der Waals surface area contributed by atoms with Gasteiger partial charge in [0.05, 0.1) is 13.2 Å². The molecule has 0 aromatic carbocycles. The first kappa shape index (κ1) is 16.4. The Bertz CT molecular complexity index is 399. The van der Waals surface area contributed by atoms with E-state index in [-0.39, 0.29) is 19.1 Å². The third-order valence-corrected chi connectivity index (χ3v) is 3.44. The Morgan fingerprint density at radius 1 is 1.57 bits per heavy atom. The smallest absolute Gasteiger partial charge is 0.217 e. The van der Waals surface area contributed by atoms with E-state index in [2.05, 4.69) is 11.9 Å². The number of aliphatic hydroxyl groups excluding tert-OH is 1. The van der Waals surface area contributed by atoms with Crippen LogP contribution in [0.5, 0.6) is 0 Å². The van der Waals surface area contributed by atoms with Crippen LogP contribution in [0.1, 0.15) is 20.8 Å². The van der Waals surface area contributed by atoms with E-state index in [0.29, 0.717) is 0 Å². The summed E-state index contributed by atoms with van der Waals surface area (Å²) < 4.78 is 22.5. The van der Waals surface area contributed by atoms with Crippen molar-refractivity contribution < 1.29 is 28.8 Å². The molecular weight excluding hydrogens is 278 g/mol. The SMILES string of the molecule is C=CCO[C@@H]1O[C@@H]2COC(C)(C)O[C@H]2[C@H](O)[C@H]1NC(C)=O. The van der Waals surface area contributed by atoms with Crippen LogP contribution in [0.2, 0.25) is 0 Å². The molecule has 2 aliphatic rings. The Kier molecular flexibility index (Phi) is 5.00. The molecule has 0 bridgehead atoms. The Balaban J connectivity index is 2.14. The van der Waals surface area contributed by atoms with Gasteiger partial charge >= 0.3 is 0 Å². The normalized spacial score (nSPS) is 38.4. The minimum absolute atomic E-state index is 0.248. The van der Waals surface area contributed by atoms with E-state index in [0.717, 1.165) is 0 Å². The molecule has 0 aromatic heterocycles. The fourth-order valence-corrected chi connectivity index (χ4v) is 2.54. The highest BCUT2D eigenvalue weighted by atomic mass is 16.8. The van der Waals surface area contributed by atoms with Gasteiger partial charge in [0.25, 0.3) is 0 Å². The lowest BCUT2D eigenvalue weighted by atomic mass is 9.95. The van der Waals surface area contributed by atoms with Crippen LogP contribution in [0, 0.1) is 0 Å². The van der Waals surface area contributed by atoms with Crippen molar-refractivity contribution in [1.29, 1.82) is 0 Å². The summed E-state index contributed by atoms with van der Waals surface area (Å²) in [4.78, 5) is 11.3. The van der Waals surface area contributed by atoms with Crippen LogP contribution in [0.4, 0.5) is 0 Å². The third kappa shape index (κ3) is 3.81. The van der Waals surface area contributed by atoms with Crippen molar-refractivity contribution in [2.45, 2.75) is 57.2 Å². The van der Waals surface area contributed by atoms with Crippen molar-refractivity contribution in [3.05, 3.63) is 12.7 Å². The Morgan fingerprint density at radius 3 is 2.90 bits per heavy atom. The van der Waals surface area contributed by atoms with E-state index in [1.807, 2.05) is 0 Å². The Hall–Kier alpha value is -0.990. The van der Waals surface area contributed by atoms with Gasteiger partial charge in [0.1, 0.15) is 24.4 Å². The maximum atomic E-state index is 11.3. The maximum Gasteiger partial charge on any atom is 0.217 e. The van der Waals surface area contributed by atoms with Crippen LogP contribution >= 0.6 is 0 Å². The van der Waals surface area contributed by atoms with Crippen LogP contribution in [-0.2, 0) is 23.7 Å². The lowest BCUT2D eigenvalue weighted by molar-refractivity contribution is -0.368. The van der Waals surface area contributed by atoms with E-state index in [1.165, 1.54) is 6.92 Å². The van der Waals surface area contributed by atoms with Crippen LogP contribution in [0.15, 0.2) is 12.7 Å². The minimum Gasteiger partial charge on any atom is -0.388 e. The molecule has 0 aromatic rings. The second-order valence-corrected chi connectivity index (χ2v) is 5.68. The third-order valence-electron chi connectivity index (χ3n) is 3.44. The molecular formula is C14H23NO6. The molecule has 7 heteroatoms. The highest BCUT2D eigenvalue weighted by Crippen LogP contribution is 2.32. The topological polar surface area (TPSA) is 86.2 Å². The van der Waals surface area contributed by atoms with Crippen LogP contribution < -0.4 is 5.32 Å². The number of rotatable bonds is 4. The van der Waals surface area contributed by atoms with Gasteiger partial charge in [-0.15, -0.1) is 6.58 Å². The van der Waals surface area contributed by atoms with Gasteiger partial charge in [0.2, 0.25) is 5.91 Å². The first-order valence-electron chi connectivity index (χ1n) is 6.99. The fourth-order valence-electron chi connectivity index (χ4n) is 2.54. The largest absolute Gasteiger partial charge is 0.388 e. The summed E-state index contributed by atoms with van der Waals surface area (Å²) in [6.07, 6.45) is -1.20. The van der Waals surface area contributed by atoms with Crippen LogP contribution in [0.25, 0.3) is 0 Å². The van der Waals surface area contributed by atoms with E-state index in [1.54, 1.807) is 19.9 Å². The Morgan fingerprint density at radius 2 is 2.29 bits per heavy atom. The molecule has 2 heterocycles. The summed E-state index contributed by atoms with van der Waals surface area (Å²) in [7, 11) is 0. The summed E-state index contributed by atoms with van der Waals surface area (Å²) in [5.74, 6) is -1.08. The van der Waals surface area contributed by atoms with Gasteiger partial charge in [0, 0.05) is 6.92 Å². The standard InChI is InChI=1S/C14H23NO6/c1-5-6-18-13-10(15-8(2)16)11(17)12-9(20-13)7-19-14(3,4)21-12/h5,9-13,17H,1,6-7H2,2-4H3,(H,15,16)/t9-,10-,11-,12-,13-/m1/s1. The van der Waals surface area contributed by atoms with Gasteiger partial charge in [0.15, 0.2) is 12.1 Å². The fraction of sp³-hybridized carbons (Fsp3) is 0.786. The maximum absolute atomic E-state index is 11.3. The molecule has 0 radical (unpaired) electrons. The molecule has 1 amide bonds. The van der Waals surface area contributed by atoms with E-state index in [4.69, 9.17) is 18.9 Å².